The van der Waals surface area contributed by atoms with Crippen molar-refractivity contribution < 1.29 is 14.3 Å². The second-order valence-corrected chi connectivity index (χ2v) is 4.57. The van der Waals surface area contributed by atoms with Crippen LogP contribution in [0.5, 0.6) is 5.75 Å². The third-order valence-electron chi connectivity index (χ3n) is 2.51. The van der Waals surface area contributed by atoms with Crippen LogP contribution in [0.2, 0.25) is 0 Å². The molecule has 0 unspecified atom stereocenters. The van der Waals surface area contributed by atoms with Crippen molar-refractivity contribution in [3.8, 4) is 5.75 Å². The zero-order chi connectivity index (χ0) is 14.1. The summed E-state index contributed by atoms with van der Waals surface area (Å²) < 4.78 is 10.9. The number of benzene rings is 1. The number of ketones is 1. The van der Waals surface area contributed by atoms with E-state index >= 15 is 0 Å². The van der Waals surface area contributed by atoms with Crippen LogP contribution in [-0.2, 0) is 4.74 Å². The van der Waals surface area contributed by atoms with Gasteiger partial charge in [0.15, 0.2) is 5.78 Å². The molecule has 1 rings (SSSR count). The Bertz CT molecular complexity index is 405. The van der Waals surface area contributed by atoms with Gasteiger partial charge < -0.3 is 9.47 Å². The molecule has 0 aliphatic rings. The highest BCUT2D eigenvalue weighted by molar-refractivity contribution is 5.94. The smallest absolute Gasteiger partial charge is 0.159 e. The number of hydrogen-bond donors (Lipinski definition) is 0. The molecule has 0 aliphatic heterocycles. The maximum absolute atomic E-state index is 11.1. The van der Waals surface area contributed by atoms with Crippen LogP contribution < -0.4 is 4.74 Å². The molecule has 0 radical (unpaired) electrons. The van der Waals surface area contributed by atoms with Crippen LogP contribution in [0.4, 0.5) is 0 Å². The molecule has 0 atom stereocenters. The fraction of sp³-hybridized carbons (Fsp3) is 0.438. The summed E-state index contributed by atoms with van der Waals surface area (Å²) in [5.74, 6) is 0.838. The van der Waals surface area contributed by atoms with Gasteiger partial charge in [0.25, 0.3) is 0 Å². The highest BCUT2D eigenvalue weighted by Gasteiger charge is 1.98. The highest BCUT2D eigenvalue weighted by Crippen LogP contribution is 2.12. The Labute approximate surface area is 115 Å². The lowest BCUT2D eigenvalue weighted by atomic mass is 10.1. The van der Waals surface area contributed by atoms with Gasteiger partial charge in [-0.1, -0.05) is 12.2 Å². The average Bonchev–Trinajstić information content (AvgIpc) is 2.38. The summed E-state index contributed by atoms with van der Waals surface area (Å²) in [6.45, 7) is 6.87. The lowest BCUT2D eigenvalue weighted by molar-refractivity contribution is 0.0825. The average molecular weight is 262 g/mol. The molecule has 0 N–H and O–H groups in total. The van der Waals surface area contributed by atoms with Crippen LogP contribution in [-0.4, -0.2) is 25.1 Å². The third kappa shape index (κ3) is 6.77. The number of rotatable bonds is 8. The summed E-state index contributed by atoms with van der Waals surface area (Å²) in [4.78, 5) is 11.1. The minimum absolute atomic E-state index is 0.0663. The van der Waals surface area contributed by atoms with E-state index in [9.17, 15) is 4.79 Å². The first-order chi connectivity index (χ1) is 9.09. The Morgan fingerprint density at radius 1 is 1.21 bits per heavy atom. The Morgan fingerprint density at radius 2 is 1.89 bits per heavy atom. The van der Waals surface area contributed by atoms with E-state index in [0.29, 0.717) is 12.2 Å². The first-order valence-corrected chi connectivity index (χ1v) is 6.60. The topological polar surface area (TPSA) is 35.5 Å². The summed E-state index contributed by atoms with van der Waals surface area (Å²) >= 11 is 0. The highest BCUT2D eigenvalue weighted by atomic mass is 16.5. The van der Waals surface area contributed by atoms with E-state index in [2.05, 4.69) is 0 Å². The number of hydrogen-bond acceptors (Lipinski definition) is 3. The van der Waals surface area contributed by atoms with Gasteiger partial charge in [0.1, 0.15) is 12.4 Å². The van der Waals surface area contributed by atoms with Gasteiger partial charge in [0.2, 0.25) is 0 Å². The summed E-state index contributed by atoms with van der Waals surface area (Å²) in [5, 5.41) is 0. The zero-order valence-electron chi connectivity index (χ0n) is 11.9. The monoisotopic (exact) mass is 262 g/mol. The molecule has 0 heterocycles. The fourth-order valence-electron chi connectivity index (χ4n) is 1.49. The van der Waals surface area contributed by atoms with Crippen LogP contribution in [0.15, 0.2) is 36.4 Å². The minimum Gasteiger partial charge on any atom is -0.490 e. The van der Waals surface area contributed by atoms with Crippen molar-refractivity contribution in [1.82, 2.24) is 0 Å². The molecule has 0 fully saturated rings. The van der Waals surface area contributed by atoms with Gasteiger partial charge in [-0.3, -0.25) is 4.79 Å². The summed E-state index contributed by atoms with van der Waals surface area (Å²) in [6.07, 6.45) is 5.20. The van der Waals surface area contributed by atoms with E-state index in [1.165, 1.54) is 0 Å². The molecule has 0 aromatic heterocycles. The fourth-order valence-corrected chi connectivity index (χ4v) is 1.49. The summed E-state index contributed by atoms with van der Waals surface area (Å²) in [6, 6.07) is 7.18. The molecular formula is C16H22O3. The lowest BCUT2D eigenvalue weighted by Gasteiger charge is -2.05. The molecule has 19 heavy (non-hydrogen) atoms. The standard InChI is InChI=1S/C16H22O3/c1-13(2)18-11-5-4-6-12-19-16-9-7-15(8-10-16)14(3)17/h4,6-10,13H,5,11-12H2,1-3H3/b6-4+. The second kappa shape index (κ2) is 8.48. The summed E-state index contributed by atoms with van der Waals surface area (Å²) in [5.41, 5.74) is 0.703. The maximum Gasteiger partial charge on any atom is 0.159 e. The van der Waals surface area contributed by atoms with E-state index in [1.54, 1.807) is 19.1 Å². The minimum atomic E-state index is 0.0663. The van der Waals surface area contributed by atoms with Crippen molar-refractivity contribution in [2.24, 2.45) is 0 Å². The van der Waals surface area contributed by atoms with Crippen molar-refractivity contribution in [2.75, 3.05) is 13.2 Å². The molecule has 0 amide bonds. The van der Waals surface area contributed by atoms with Crippen LogP contribution >= 0.6 is 0 Å². The summed E-state index contributed by atoms with van der Waals surface area (Å²) in [7, 11) is 0. The van der Waals surface area contributed by atoms with E-state index < -0.39 is 0 Å². The van der Waals surface area contributed by atoms with Gasteiger partial charge in [0, 0.05) is 5.56 Å². The molecule has 0 bridgehead atoms. The molecule has 0 spiro atoms. The molecule has 0 aliphatic carbocycles. The van der Waals surface area contributed by atoms with Gasteiger partial charge in [-0.25, -0.2) is 0 Å². The van der Waals surface area contributed by atoms with Gasteiger partial charge in [-0.2, -0.15) is 0 Å². The zero-order valence-corrected chi connectivity index (χ0v) is 11.9. The lowest BCUT2D eigenvalue weighted by Crippen LogP contribution is -2.02. The Kier molecular flexibility index (Phi) is 6.90. The van der Waals surface area contributed by atoms with Crippen molar-refractivity contribution in [3.05, 3.63) is 42.0 Å². The maximum atomic E-state index is 11.1. The molecular weight excluding hydrogens is 240 g/mol. The predicted molar refractivity (Wildman–Crippen MR) is 76.8 cm³/mol. The van der Waals surface area contributed by atoms with Gasteiger partial charge in [0.05, 0.1) is 12.7 Å². The SMILES string of the molecule is CC(=O)c1ccc(OC/C=C/CCOC(C)C)cc1. The van der Waals surface area contributed by atoms with E-state index in [0.717, 1.165) is 18.8 Å². The molecule has 3 nitrogen and oxygen atoms in total. The molecule has 3 heteroatoms. The largest absolute Gasteiger partial charge is 0.490 e. The third-order valence-corrected chi connectivity index (χ3v) is 2.51. The molecule has 1 aromatic carbocycles. The molecule has 1 aromatic rings. The van der Waals surface area contributed by atoms with Crippen LogP contribution in [0.25, 0.3) is 0 Å². The quantitative estimate of drug-likeness (QED) is 0.407. The van der Waals surface area contributed by atoms with Crippen LogP contribution in [0, 0.1) is 0 Å². The number of carbonyl (C=O) groups is 1. The van der Waals surface area contributed by atoms with Crippen molar-refractivity contribution in [2.45, 2.75) is 33.3 Å². The second-order valence-electron chi connectivity index (χ2n) is 4.57. The first kappa shape index (κ1) is 15.4. The number of Topliss-reactive ketones (excluding diaryl/α,β-unsaturated/α-hetero) is 1. The van der Waals surface area contributed by atoms with E-state index in [-0.39, 0.29) is 11.9 Å². The normalized spacial score (nSPS) is 11.2. The van der Waals surface area contributed by atoms with E-state index in [1.807, 2.05) is 38.1 Å². The molecule has 0 saturated heterocycles. The van der Waals surface area contributed by atoms with E-state index in [4.69, 9.17) is 9.47 Å². The van der Waals surface area contributed by atoms with Gasteiger partial charge in [-0.05, 0) is 51.5 Å². The number of ether oxygens (including phenoxy) is 2. The van der Waals surface area contributed by atoms with Crippen LogP contribution in [0.3, 0.4) is 0 Å². The molecule has 104 valence electrons. The van der Waals surface area contributed by atoms with Crippen molar-refractivity contribution in [1.29, 1.82) is 0 Å². The predicted octanol–water partition coefficient (Wildman–Crippen LogP) is 3.64. The Morgan fingerprint density at radius 3 is 2.47 bits per heavy atom. The Balaban J connectivity index is 2.22. The first-order valence-electron chi connectivity index (χ1n) is 6.60. The van der Waals surface area contributed by atoms with Gasteiger partial charge in [-0.15, -0.1) is 0 Å². The van der Waals surface area contributed by atoms with Crippen molar-refractivity contribution >= 4 is 5.78 Å². The van der Waals surface area contributed by atoms with Crippen molar-refractivity contribution in [3.63, 3.8) is 0 Å². The molecule has 0 saturated carbocycles. The number of carbonyl (C=O) groups excluding carboxylic acids is 1. The van der Waals surface area contributed by atoms with Crippen LogP contribution in [0.1, 0.15) is 37.6 Å². The Hall–Kier alpha value is -1.61. The van der Waals surface area contributed by atoms with Gasteiger partial charge >= 0.3 is 0 Å².